The number of rotatable bonds is 4. The molecule has 1 aliphatic heterocycles. The molecule has 6 heteroatoms. The maximum atomic E-state index is 12.8. The molecule has 0 spiro atoms. The van der Waals surface area contributed by atoms with E-state index in [1.807, 2.05) is 56.3 Å². The number of H-pyrrole nitrogens is 1. The van der Waals surface area contributed by atoms with Crippen LogP contribution in [0.4, 0.5) is 5.82 Å². The van der Waals surface area contributed by atoms with Crippen molar-refractivity contribution >= 4 is 23.3 Å². The lowest BCUT2D eigenvalue weighted by Crippen LogP contribution is -2.48. The van der Waals surface area contributed by atoms with Gasteiger partial charge in [0, 0.05) is 35.8 Å². The van der Waals surface area contributed by atoms with Crippen molar-refractivity contribution in [2.75, 3.05) is 18.0 Å². The highest BCUT2D eigenvalue weighted by molar-refractivity contribution is 6.30. The Morgan fingerprint density at radius 2 is 1.97 bits per heavy atom. The van der Waals surface area contributed by atoms with Crippen LogP contribution in [0.25, 0.3) is 11.3 Å². The zero-order valence-electron chi connectivity index (χ0n) is 16.7. The van der Waals surface area contributed by atoms with Crippen LogP contribution in [0.3, 0.4) is 0 Å². The van der Waals surface area contributed by atoms with Crippen molar-refractivity contribution in [1.82, 2.24) is 15.5 Å². The van der Waals surface area contributed by atoms with E-state index < -0.39 is 0 Å². The van der Waals surface area contributed by atoms with E-state index in [9.17, 15) is 4.79 Å². The molecule has 4 rings (SSSR count). The Hall–Kier alpha value is -2.79. The molecule has 0 saturated carbocycles. The number of benzene rings is 2. The number of nitrogens with zero attached hydrogens (tertiary/aromatic N) is 2. The lowest BCUT2D eigenvalue weighted by Gasteiger charge is -2.33. The molecule has 0 radical (unpaired) electrons. The predicted molar refractivity (Wildman–Crippen MR) is 118 cm³/mol. The van der Waals surface area contributed by atoms with Gasteiger partial charge < -0.3 is 10.2 Å². The number of amides is 1. The van der Waals surface area contributed by atoms with Gasteiger partial charge in [-0.2, -0.15) is 5.10 Å². The molecule has 1 saturated heterocycles. The molecule has 2 N–H and O–H groups in total. The standard InChI is InChI=1S/C23H25ClN4O/c1-15-5-6-16(2)20(12-15)23(29)25-19-4-3-11-28(14-19)22-13-21(26-27-22)17-7-9-18(24)10-8-17/h5-10,12-13,19H,3-4,11,14H2,1-2H3,(H,25,29)(H,26,27)/t19-/m0/s1. The van der Waals surface area contributed by atoms with Gasteiger partial charge in [-0.3, -0.25) is 9.89 Å². The molecule has 1 atom stereocenters. The molecule has 3 aromatic rings. The molecular weight excluding hydrogens is 384 g/mol. The quantitative estimate of drug-likeness (QED) is 0.655. The Kier molecular flexibility index (Phi) is 5.58. The highest BCUT2D eigenvalue weighted by Crippen LogP contribution is 2.25. The average Bonchev–Trinajstić information content (AvgIpc) is 3.21. The summed E-state index contributed by atoms with van der Waals surface area (Å²) in [7, 11) is 0. The van der Waals surface area contributed by atoms with Crippen molar-refractivity contribution in [3.63, 3.8) is 0 Å². The number of hydrogen-bond donors (Lipinski definition) is 2. The van der Waals surface area contributed by atoms with Crippen LogP contribution in [-0.2, 0) is 0 Å². The molecule has 1 amide bonds. The maximum Gasteiger partial charge on any atom is 0.251 e. The van der Waals surface area contributed by atoms with Gasteiger partial charge in [0.15, 0.2) is 5.82 Å². The van der Waals surface area contributed by atoms with Gasteiger partial charge in [0.25, 0.3) is 5.91 Å². The van der Waals surface area contributed by atoms with Gasteiger partial charge in [0.1, 0.15) is 0 Å². The fraction of sp³-hybridized carbons (Fsp3) is 0.304. The Labute approximate surface area is 176 Å². The molecule has 1 fully saturated rings. The van der Waals surface area contributed by atoms with Crippen molar-refractivity contribution in [2.24, 2.45) is 0 Å². The van der Waals surface area contributed by atoms with Gasteiger partial charge >= 0.3 is 0 Å². The number of anilines is 1. The minimum Gasteiger partial charge on any atom is -0.353 e. The second-order valence-corrected chi connectivity index (χ2v) is 8.16. The van der Waals surface area contributed by atoms with Crippen LogP contribution in [0.2, 0.25) is 5.02 Å². The first-order chi connectivity index (χ1) is 14.0. The monoisotopic (exact) mass is 408 g/mol. The zero-order valence-corrected chi connectivity index (χ0v) is 17.5. The lowest BCUT2D eigenvalue weighted by molar-refractivity contribution is 0.0932. The first-order valence-electron chi connectivity index (χ1n) is 9.94. The fourth-order valence-electron chi connectivity index (χ4n) is 3.80. The third-order valence-corrected chi connectivity index (χ3v) is 5.69. The third kappa shape index (κ3) is 4.46. The maximum absolute atomic E-state index is 12.8. The second-order valence-electron chi connectivity index (χ2n) is 7.72. The first-order valence-corrected chi connectivity index (χ1v) is 10.3. The molecule has 2 heterocycles. The Morgan fingerprint density at radius 1 is 1.17 bits per heavy atom. The van der Waals surface area contributed by atoms with Gasteiger partial charge in [0.2, 0.25) is 0 Å². The Bertz CT molecular complexity index is 1010. The van der Waals surface area contributed by atoms with Crippen LogP contribution in [0.15, 0.2) is 48.5 Å². The minimum absolute atomic E-state index is 0.00179. The number of nitrogens with one attached hydrogen (secondary N) is 2. The molecule has 29 heavy (non-hydrogen) atoms. The summed E-state index contributed by atoms with van der Waals surface area (Å²) in [6.45, 7) is 5.67. The van der Waals surface area contributed by atoms with Crippen LogP contribution >= 0.6 is 11.6 Å². The number of hydrogen-bond acceptors (Lipinski definition) is 3. The normalized spacial score (nSPS) is 16.7. The second kappa shape index (κ2) is 8.29. The number of aromatic amines is 1. The molecule has 5 nitrogen and oxygen atoms in total. The molecule has 0 unspecified atom stereocenters. The molecular formula is C23H25ClN4O. The van der Waals surface area contributed by atoms with Crippen LogP contribution in [0, 0.1) is 13.8 Å². The summed E-state index contributed by atoms with van der Waals surface area (Å²) >= 11 is 5.98. The number of piperidine rings is 1. The van der Waals surface area contributed by atoms with Crippen molar-refractivity contribution in [3.05, 3.63) is 70.2 Å². The average molecular weight is 409 g/mol. The molecule has 1 aromatic heterocycles. The Morgan fingerprint density at radius 3 is 2.76 bits per heavy atom. The molecule has 2 aromatic carbocycles. The fourth-order valence-corrected chi connectivity index (χ4v) is 3.92. The van der Waals surface area contributed by atoms with Crippen LogP contribution in [0.5, 0.6) is 0 Å². The van der Waals surface area contributed by atoms with Crippen LogP contribution in [0.1, 0.15) is 34.3 Å². The van der Waals surface area contributed by atoms with Gasteiger partial charge in [-0.15, -0.1) is 0 Å². The van der Waals surface area contributed by atoms with Crippen molar-refractivity contribution < 1.29 is 4.79 Å². The Balaban J connectivity index is 1.44. The van der Waals surface area contributed by atoms with E-state index in [1.165, 1.54) is 0 Å². The van der Waals surface area contributed by atoms with E-state index in [2.05, 4.69) is 26.5 Å². The van der Waals surface area contributed by atoms with Crippen molar-refractivity contribution in [3.8, 4) is 11.3 Å². The molecule has 0 aliphatic carbocycles. The summed E-state index contributed by atoms with van der Waals surface area (Å²) in [5.41, 5.74) is 4.85. The molecule has 150 valence electrons. The summed E-state index contributed by atoms with van der Waals surface area (Å²) < 4.78 is 0. The predicted octanol–water partition coefficient (Wildman–Crippen LogP) is 4.75. The van der Waals surface area contributed by atoms with E-state index in [-0.39, 0.29) is 11.9 Å². The van der Waals surface area contributed by atoms with E-state index in [4.69, 9.17) is 11.6 Å². The highest BCUT2D eigenvalue weighted by Gasteiger charge is 2.24. The molecule has 0 bridgehead atoms. The van der Waals surface area contributed by atoms with Gasteiger partial charge in [-0.25, -0.2) is 0 Å². The third-order valence-electron chi connectivity index (χ3n) is 5.44. The molecule has 1 aliphatic rings. The number of carbonyl (C=O) groups excluding carboxylic acids is 1. The van der Waals surface area contributed by atoms with E-state index in [1.54, 1.807) is 0 Å². The van der Waals surface area contributed by atoms with Crippen LogP contribution < -0.4 is 10.2 Å². The van der Waals surface area contributed by atoms with Crippen molar-refractivity contribution in [2.45, 2.75) is 32.7 Å². The van der Waals surface area contributed by atoms with E-state index >= 15 is 0 Å². The number of halogens is 1. The van der Waals surface area contributed by atoms with Gasteiger partial charge in [0.05, 0.1) is 5.69 Å². The number of aryl methyl sites for hydroxylation is 2. The zero-order chi connectivity index (χ0) is 20.4. The summed E-state index contributed by atoms with van der Waals surface area (Å²) in [6.07, 6.45) is 1.99. The summed E-state index contributed by atoms with van der Waals surface area (Å²) in [6, 6.07) is 15.8. The summed E-state index contributed by atoms with van der Waals surface area (Å²) in [5.74, 6) is 0.905. The SMILES string of the molecule is Cc1ccc(C)c(C(=O)N[C@H]2CCCN(c3cc(-c4ccc(Cl)cc4)[nH]n3)C2)c1. The first kappa shape index (κ1) is 19.5. The van der Waals surface area contributed by atoms with Gasteiger partial charge in [-0.1, -0.05) is 41.4 Å². The summed E-state index contributed by atoms with van der Waals surface area (Å²) in [5, 5.41) is 11.5. The number of carbonyl (C=O) groups is 1. The van der Waals surface area contributed by atoms with E-state index in [0.29, 0.717) is 5.02 Å². The number of aromatic nitrogens is 2. The highest BCUT2D eigenvalue weighted by atomic mass is 35.5. The van der Waals surface area contributed by atoms with Crippen molar-refractivity contribution in [1.29, 1.82) is 0 Å². The topological polar surface area (TPSA) is 61.0 Å². The lowest BCUT2D eigenvalue weighted by atomic mass is 10.0. The van der Waals surface area contributed by atoms with Gasteiger partial charge in [-0.05, 0) is 56.0 Å². The largest absolute Gasteiger partial charge is 0.353 e. The summed E-state index contributed by atoms with van der Waals surface area (Å²) in [4.78, 5) is 15.0. The minimum atomic E-state index is 0.00179. The van der Waals surface area contributed by atoms with Crippen LogP contribution in [-0.4, -0.2) is 35.2 Å². The van der Waals surface area contributed by atoms with E-state index in [0.717, 1.165) is 59.7 Å². The smallest absolute Gasteiger partial charge is 0.251 e.